The van der Waals surface area contributed by atoms with E-state index in [1.165, 1.54) is 0 Å². The predicted octanol–water partition coefficient (Wildman–Crippen LogP) is 2.45. The van der Waals surface area contributed by atoms with Gasteiger partial charge in [-0.1, -0.05) is 44.2 Å². The number of benzene rings is 1. The first-order chi connectivity index (χ1) is 9.47. The normalized spacial score (nSPS) is 11.9. The highest BCUT2D eigenvalue weighted by atomic mass is 16.5. The van der Waals surface area contributed by atoms with Crippen LogP contribution in [0.25, 0.3) is 0 Å². The van der Waals surface area contributed by atoms with Crippen LogP contribution in [0.2, 0.25) is 0 Å². The summed E-state index contributed by atoms with van der Waals surface area (Å²) in [6.45, 7) is 4.19. The quantitative estimate of drug-likeness (QED) is 0.804. The molecule has 0 spiro atoms. The van der Waals surface area contributed by atoms with Gasteiger partial charge in [0.05, 0.1) is 13.0 Å². The molecule has 0 radical (unpaired) electrons. The number of amides is 1. The second-order valence-corrected chi connectivity index (χ2v) is 5.12. The molecular weight excluding hydrogens is 258 g/mol. The molecule has 5 heteroatoms. The first-order valence-corrected chi connectivity index (χ1v) is 6.66. The van der Waals surface area contributed by atoms with Gasteiger partial charge in [-0.3, -0.25) is 4.79 Å². The van der Waals surface area contributed by atoms with Crippen LogP contribution in [0.15, 0.2) is 30.3 Å². The molecule has 0 aliphatic carbocycles. The topological polar surface area (TPSA) is 75.6 Å². The molecule has 1 atom stereocenters. The molecule has 0 heterocycles. The smallest absolute Gasteiger partial charge is 0.407 e. The lowest BCUT2D eigenvalue weighted by Crippen LogP contribution is -2.38. The zero-order valence-electron chi connectivity index (χ0n) is 11.8. The van der Waals surface area contributed by atoms with Crippen molar-refractivity contribution in [1.82, 2.24) is 5.32 Å². The van der Waals surface area contributed by atoms with Crippen molar-refractivity contribution in [3.8, 4) is 0 Å². The Morgan fingerprint density at radius 2 is 1.90 bits per heavy atom. The maximum atomic E-state index is 11.6. The summed E-state index contributed by atoms with van der Waals surface area (Å²) < 4.78 is 5.01. The van der Waals surface area contributed by atoms with Crippen LogP contribution in [0.5, 0.6) is 0 Å². The molecule has 0 aromatic heterocycles. The Labute approximate surface area is 118 Å². The first kappa shape index (κ1) is 16.0. The van der Waals surface area contributed by atoms with Crippen molar-refractivity contribution >= 4 is 12.1 Å². The van der Waals surface area contributed by atoms with E-state index >= 15 is 0 Å². The van der Waals surface area contributed by atoms with E-state index in [0.29, 0.717) is 13.0 Å². The van der Waals surface area contributed by atoms with Crippen LogP contribution in [0.4, 0.5) is 4.79 Å². The fraction of sp³-hybridized carbons (Fsp3) is 0.467. The Morgan fingerprint density at radius 3 is 2.45 bits per heavy atom. The molecular formula is C15H21NO4. The van der Waals surface area contributed by atoms with E-state index in [9.17, 15) is 9.59 Å². The molecule has 110 valence electrons. The lowest BCUT2D eigenvalue weighted by molar-refractivity contribution is -0.137. The van der Waals surface area contributed by atoms with Crippen molar-refractivity contribution in [2.75, 3.05) is 6.61 Å². The summed E-state index contributed by atoms with van der Waals surface area (Å²) >= 11 is 0. The van der Waals surface area contributed by atoms with Crippen molar-refractivity contribution in [2.24, 2.45) is 5.92 Å². The summed E-state index contributed by atoms with van der Waals surface area (Å²) in [5.41, 5.74) is 0.975. The molecule has 0 bridgehead atoms. The van der Waals surface area contributed by atoms with Gasteiger partial charge in [0.1, 0.15) is 0 Å². The highest BCUT2D eigenvalue weighted by Gasteiger charge is 2.17. The zero-order chi connectivity index (χ0) is 15.0. The molecule has 1 rings (SSSR count). The third kappa shape index (κ3) is 6.78. The average molecular weight is 279 g/mol. The molecule has 5 nitrogen and oxygen atoms in total. The minimum atomic E-state index is -0.949. The van der Waals surface area contributed by atoms with E-state index in [1.54, 1.807) is 0 Å². The SMILES string of the molecule is CC(C)COC(=O)N[C@H](CC(=O)O)Cc1ccccc1. The Hall–Kier alpha value is -2.04. The van der Waals surface area contributed by atoms with Crippen LogP contribution in [0, 0.1) is 5.92 Å². The summed E-state index contributed by atoms with van der Waals surface area (Å²) in [7, 11) is 0. The van der Waals surface area contributed by atoms with Gasteiger partial charge in [0.2, 0.25) is 0 Å². The molecule has 1 aromatic carbocycles. The molecule has 1 aromatic rings. The van der Waals surface area contributed by atoms with Gasteiger partial charge >= 0.3 is 12.1 Å². The van der Waals surface area contributed by atoms with Crippen LogP contribution in [-0.2, 0) is 16.0 Å². The summed E-state index contributed by atoms with van der Waals surface area (Å²) in [6, 6.07) is 8.97. The van der Waals surface area contributed by atoms with E-state index in [-0.39, 0.29) is 12.3 Å². The van der Waals surface area contributed by atoms with E-state index < -0.39 is 18.1 Å². The molecule has 2 N–H and O–H groups in total. The van der Waals surface area contributed by atoms with E-state index in [0.717, 1.165) is 5.56 Å². The third-order valence-electron chi connectivity index (χ3n) is 2.62. The standard InChI is InChI=1S/C15H21NO4/c1-11(2)10-20-15(19)16-13(9-14(17)18)8-12-6-4-3-5-7-12/h3-7,11,13H,8-10H2,1-2H3,(H,16,19)(H,17,18)/t13-/m0/s1. The summed E-state index contributed by atoms with van der Waals surface area (Å²) in [6.07, 6.45) is -0.240. The van der Waals surface area contributed by atoms with Crippen molar-refractivity contribution < 1.29 is 19.4 Å². The lowest BCUT2D eigenvalue weighted by atomic mass is 10.0. The minimum Gasteiger partial charge on any atom is -0.481 e. The van der Waals surface area contributed by atoms with E-state index in [2.05, 4.69) is 5.32 Å². The molecule has 0 aliphatic rings. The van der Waals surface area contributed by atoms with Gasteiger partial charge in [-0.05, 0) is 17.9 Å². The van der Waals surface area contributed by atoms with Crippen molar-refractivity contribution in [3.05, 3.63) is 35.9 Å². The first-order valence-electron chi connectivity index (χ1n) is 6.66. The third-order valence-corrected chi connectivity index (χ3v) is 2.62. The Kier molecular flexibility index (Phi) is 6.56. The second-order valence-electron chi connectivity index (χ2n) is 5.12. The van der Waals surface area contributed by atoms with Gasteiger partial charge in [-0.15, -0.1) is 0 Å². The van der Waals surface area contributed by atoms with Crippen molar-refractivity contribution in [1.29, 1.82) is 0 Å². The van der Waals surface area contributed by atoms with Crippen LogP contribution >= 0.6 is 0 Å². The molecule has 0 fully saturated rings. The fourth-order valence-electron chi connectivity index (χ4n) is 1.73. The number of hydrogen-bond donors (Lipinski definition) is 2. The van der Waals surface area contributed by atoms with Gasteiger partial charge < -0.3 is 15.2 Å². The number of carbonyl (C=O) groups excluding carboxylic acids is 1. The van der Waals surface area contributed by atoms with Crippen molar-refractivity contribution in [3.63, 3.8) is 0 Å². The summed E-state index contributed by atoms with van der Waals surface area (Å²) in [4.78, 5) is 22.5. The van der Waals surface area contributed by atoms with Gasteiger partial charge in [0.15, 0.2) is 0 Å². The lowest BCUT2D eigenvalue weighted by Gasteiger charge is -2.17. The Morgan fingerprint density at radius 1 is 1.25 bits per heavy atom. The Balaban J connectivity index is 2.55. The number of aliphatic carboxylic acids is 1. The van der Waals surface area contributed by atoms with E-state index in [1.807, 2.05) is 44.2 Å². The number of carbonyl (C=O) groups is 2. The van der Waals surface area contributed by atoms with Gasteiger partial charge in [-0.2, -0.15) is 0 Å². The molecule has 1 amide bonds. The highest BCUT2D eigenvalue weighted by molar-refractivity contribution is 5.71. The number of carboxylic acid groups (broad SMARTS) is 1. The number of nitrogens with one attached hydrogen (secondary N) is 1. The average Bonchev–Trinajstić information content (AvgIpc) is 2.36. The van der Waals surface area contributed by atoms with Crippen LogP contribution in [0.1, 0.15) is 25.8 Å². The Bertz CT molecular complexity index is 431. The van der Waals surface area contributed by atoms with Gasteiger partial charge in [0, 0.05) is 6.04 Å². The van der Waals surface area contributed by atoms with Crippen LogP contribution < -0.4 is 5.32 Å². The number of hydrogen-bond acceptors (Lipinski definition) is 3. The van der Waals surface area contributed by atoms with Crippen LogP contribution in [0.3, 0.4) is 0 Å². The molecule has 0 aliphatic heterocycles. The molecule has 0 unspecified atom stereocenters. The number of rotatable bonds is 7. The predicted molar refractivity (Wildman–Crippen MR) is 75.5 cm³/mol. The molecule has 20 heavy (non-hydrogen) atoms. The minimum absolute atomic E-state index is 0.133. The van der Waals surface area contributed by atoms with Gasteiger partial charge in [0.25, 0.3) is 0 Å². The van der Waals surface area contributed by atoms with Crippen molar-refractivity contribution in [2.45, 2.75) is 32.7 Å². The highest BCUT2D eigenvalue weighted by Crippen LogP contribution is 2.06. The number of ether oxygens (including phenoxy) is 1. The fourth-order valence-corrected chi connectivity index (χ4v) is 1.73. The summed E-state index contributed by atoms with van der Waals surface area (Å²) in [5, 5.41) is 11.5. The molecule has 0 saturated heterocycles. The van der Waals surface area contributed by atoms with E-state index in [4.69, 9.17) is 9.84 Å². The number of alkyl carbamates (subject to hydrolysis) is 1. The largest absolute Gasteiger partial charge is 0.481 e. The number of carboxylic acids is 1. The zero-order valence-corrected chi connectivity index (χ0v) is 11.8. The van der Waals surface area contributed by atoms with Crippen LogP contribution in [-0.4, -0.2) is 29.8 Å². The second kappa shape index (κ2) is 8.19. The maximum Gasteiger partial charge on any atom is 0.407 e. The molecule has 0 saturated carbocycles. The summed E-state index contributed by atoms with van der Waals surface area (Å²) in [5.74, 6) is -0.706. The van der Waals surface area contributed by atoms with Gasteiger partial charge in [-0.25, -0.2) is 4.79 Å². The maximum absolute atomic E-state index is 11.6. The monoisotopic (exact) mass is 279 g/mol.